The Hall–Kier alpha value is -1.94. The lowest BCUT2D eigenvalue weighted by molar-refractivity contribution is -0.161. The van der Waals surface area contributed by atoms with E-state index < -0.39 is 97.5 Å². The number of ether oxygens (including phenoxy) is 4. The molecule has 0 spiro atoms. The Labute approximate surface area is 607 Å². The van der Waals surface area contributed by atoms with E-state index >= 15 is 0 Å². The number of esters is 4. The lowest BCUT2D eigenvalue weighted by Crippen LogP contribution is -2.30. The first kappa shape index (κ1) is 97.1. The second-order valence-electron chi connectivity index (χ2n) is 29.3. The van der Waals surface area contributed by atoms with Gasteiger partial charge in [0.15, 0.2) is 12.2 Å². The lowest BCUT2D eigenvalue weighted by Gasteiger charge is -2.21. The second kappa shape index (κ2) is 73.0. The van der Waals surface area contributed by atoms with Crippen LogP contribution >= 0.6 is 15.6 Å². The molecule has 0 aliphatic heterocycles. The third-order valence-electron chi connectivity index (χ3n) is 18.8. The maximum Gasteiger partial charge on any atom is 0.472 e. The minimum atomic E-state index is -4.96. The molecule has 0 aliphatic rings. The molecule has 0 aromatic carbocycles. The van der Waals surface area contributed by atoms with E-state index in [2.05, 4.69) is 34.6 Å². The number of unbranched alkanes of at least 4 members (excludes halogenated alkanes) is 52. The zero-order valence-electron chi connectivity index (χ0n) is 64.6. The summed E-state index contributed by atoms with van der Waals surface area (Å²) in [6.07, 6.45) is 64.2. The van der Waals surface area contributed by atoms with Gasteiger partial charge in [0, 0.05) is 25.7 Å². The minimum absolute atomic E-state index is 0.104. The predicted octanol–water partition coefficient (Wildman–Crippen LogP) is 24.0. The van der Waals surface area contributed by atoms with Gasteiger partial charge in [-0.25, -0.2) is 9.13 Å². The number of phosphoric ester groups is 2. The number of phosphoric acid groups is 2. The Bertz CT molecular complexity index is 1890. The molecule has 0 fully saturated rings. The molecule has 0 aromatic rings. The van der Waals surface area contributed by atoms with E-state index in [1.54, 1.807) is 0 Å². The first-order chi connectivity index (χ1) is 48.0. The van der Waals surface area contributed by atoms with Crippen molar-refractivity contribution < 1.29 is 80.2 Å². The second-order valence-corrected chi connectivity index (χ2v) is 32.2. The Balaban J connectivity index is 5.17. The number of aliphatic hydroxyl groups is 1. The van der Waals surface area contributed by atoms with Gasteiger partial charge in [0.1, 0.15) is 19.3 Å². The fourth-order valence-electron chi connectivity index (χ4n) is 12.4. The molecule has 588 valence electrons. The Kier molecular flexibility index (Phi) is 71.6. The summed E-state index contributed by atoms with van der Waals surface area (Å²) in [6, 6.07) is 0. The van der Waals surface area contributed by atoms with Crippen LogP contribution in [0.2, 0.25) is 0 Å². The highest BCUT2D eigenvalue weighted by Crippen LogP contribution is 2.45. The van der Waals surface area contributed by atoms with Crippen LogP contribution in [0.25, 0.3) is 0 Å². The SMILES string of the molecule is CCCCCCCCCCCCCCCCCCCCCCC(=O)OC[C@H](COP(=O)(O)OC[C@@H](O)COP(=O)(O)OC[C@@H](COC(=O)CCCCCCCCCCC)OC(=O)CCCCCCCCCC(C)C)OC(=O)CCCCCCCCCCCCCCCCCCCCCC. The largest absolute Gasteiger partial charge is 0.472 e. The summed E-state index contributed by atoms with van der Waals surface area (Å²) in [4.78, 5) is 72.8. The molecule has 0 saturated carbocycles. The van der Waals surface area contributed by atoms with Crippen LogP contribution in [-0.4, -0.2) is 96.7 Å². The minimum Gasteiger partial charge on any atom is -0.462 e. The number of aliphatic hydroxyl groups excluding tert-OH is 1. The smallest absolute Gasteiger partial charge is 0.462 e. The van der Waals surface area contributed by atoms with E-state index in [0.29, 0.717) is 31.6 Å². The van der Waals surface area contributed by atoms with Crippen LogP contribution in [0.4, 0.5) is 0 Å². The van der Waals surface area contributed by atoms with Crippen molar-refractivity contribution in [2.24, 2.45) is 5.92 Å². The highest BCUT2D eigenvalue weighted by molar-refractivity contribution is 7.47. The third kappa shape index (κ3) is 74.1. The normalized spacial score (nSPS) is 13.9. The van der Waals surface area contributed by atoms with E-state index in [-0.39, 0.29) is 25.7 Å². The van der Waals surface area contributed by atoms with Gasteiger partial charge in [-0.15, -0.1) is 0 Å². The average Bonchev–Trinajstić information content (AvgIpc) is 1.07. The molecule has 0 heterocycles. The van der Waals surface area contributed by atoms with Gasteiger partial charge in [-0.1, -0.05) is 375 Å². The number of rotatable bonds is 80. The van der Waals surface area contributed by atoms with Crippen molar-refractivity contribution in [3.05, 3.63) is 0 Å². The monoisotopic (exact) mass is 1450 g/mol. The molecule has 0 aliphatic carbocycles. The zero-order chi connectivity index (χ0) is 72.7. The molecule has 0 amide bonds. The molecule has 99 heavy (non-hydrogen) atoms. The molecule has 0 rings (SSSR count). The van der Waals surface area contributed by atoms with Crippen molar-refractivity contribution in [1.82, 2.24) is 0 Å². The molecule has 2 unspecified atom stereocenters. The van der Waals surface area contributed by atoms with E-state index in [9.17, 15) is 43.2 Å². The van der Waals surface area contributed by atoms with Crippen LogP contribution in [0.3, 0.4) is 0 Å². The van der Waals surface area contributed by atoms with Gasteiger partial charge in [0.25, 0.3) is 0 Å². The van der Waals surface area contributed by atoms with E-state index in [0.717, 1.165) is 89.9 Å². The van der Waals surface area contributed by atoms with Crippen LogP contribution in [0.1, 0.15) is 426 Å². The molecular weight excluding hydrogens is 1290 g/mol. The number of carbonyl (C=O) groups excluding carboxylic acids is 4. The fourth-order valence-corrected chi connectivity index (χ4v) is 14.0. The highest BCUT2D eigenvalue weighted by atomic mass is 31.2. The van der Waals surface area contributed by atoms with Gasteiger partial charge in [-0.05, 0) is 31.6 Å². The summed E-state index contributed by atoms with van der Waals surface area (Å²) < 4.78 is 68.6. The summed E-state index contributed by atoms with van der Waals surface area (Å²) in [5.41, 5.74) is 0. The van der Waals surface area contributed by atoms with Crippen molar-refractivity contribution in [2.75, 3.05) is 39.6 Å². The van der Waals surface area contributed by atoms with E-state index in [4.69, 9.17) is 37.0 Å². The van der Waals surface area contributed by atoms with Crippen molar-refractivity contribution in [3.63, 3.8) is 0 Å². The standard InChI is InChI=1S/C80H156O17P2/c1-6-9-12-15-18-21-23-25-27-29-31-33-35-37-39-41-44-49-54-59-64-78(83)91-69-75(96-79(84)65-60-55-50-45-42-40-38-36-34-32-30-28-26-24-22-19-16-13-10-7-2)71-94-98(86,87)92-67-74(81)68-93-99(88,89)95-72-76(70-90-77(82)63-58-53-48-43-20-17-14-11-8-3)97-80(85)66-61-56-51-46-47-52-57-62-73(4)5/h73-76,81H,6-72H2,1-5H3,(H,86,87)(H,88,89)/t74-,75-,76-/m1/s1. The molecule has 3 N–H and O–H groups in total. The fraction of sp³-hybridized carbons (Fsp3) is 0.950. The van der Waals surface area contributed by atoms with Gasteiger partial charge in [-0.3, -0.25) is 37.3 Å². The van der Waals surface area contributed by atoms with Crippen LogP contribution < -0.4 is 0 Å². The lowest BCUT2D eigenvalue weighted by atomic mass is 10.0. The Morgan fingerprint density at radius 2 is 0.465 bits per heavy atom. The van der Waals surface area contributed by atoms with E-state index in [1.807, 2.05) is 0 Å². The summed E-state index contributed by atoms with van der Waals surface area (Å²) in [5, 5.41) is 10.6. The Morgan fingerprint density at radius 1 is 0.273 bits per heavy atom. The number of carbonyl (C=O) groups is 4. The van der Waals surface area contributed by atoms with Crippen LogP contribution in [0, 0.1) is 5.92 Å². The zero-order valence-corrected chi connectivity index (χ0v) is 66.4. The quantitative estimate of drug-likeness (QED) is 0.0222. The molecule has 0 bridgehead atoms. The molecule has 17 nitrogen and oxygen atoms in total. The molecule has 0 radical (unpaired) electrons. The van der Waals surface area contributed by atoms with Crippen molar-refractivity contribution in [2.45, 2.75) is 445 Å². The van der Waals surface area contributed by atoms with Crippen molar-refractivity contribution >= 4 is 39.5 Å². The first-order valence-corrected chi connectivity index (χ1v) is 44.6. The highest BCUT2D eigenvalue weighted by Gasteiger charge is 2.30. The van der Waals surface area contributed by atoms with Gasteiger partial charge in [-0.2, -0.15) is 0 Å². The molecule has 5 atom stereocenters. The summed E-state index contributed by atoms with van der Waals surface area (Å²) in [5.74, 6) is -1.42. The molecule has 0 saturated heterocycles. The van der Waals surface area contributed by atoms with Crippen molar-refractivity contribution in [1.29, 1.82) is 0 Å². The van der Waals surface area contributed by atoms with Crippen LogP contribution in [0.15, 0.2) is 0 Å². The maximum absolute atomic E-state index is 13.1. The Morgan fingerprint density at radius 3 is 0.687 bits per heavy atom. The topological polar surface area (TPSA) is 237 Å². The van der Waals surface area contributed by atoms with Gasteiger partial charge in [0.05, 0.1) is 26.4 Å². The maximum atomic E-state index is 13.1. The summed E-state index contributed by atoms with van der Waals surface area (Å²) in [6.45, 7) is 7.23. The number of hydrogen-bond donors (Lipinski definition) is 3. The van der Waals surface area contributed by atoms with E-state index in [1.165, 1.54) is 250 Å². The van der Waals surface area contributed by atoms with Crippen LogP contribution in [-0.2, 0) is 65.4 Å². The number of hydrogen-bond acceptors (Lipinski definition) is 15. The average molecular weight is 1450 g/mol. The molecule has 19 heteroatoms. The molecule has 0 aromatic heterocycles. The van der Waals surface area contributed by atoms with Gasteiger partial charge < -0.3 is 33.8 Å². The molecular formula is C80H156O17P2. The predicted molar refractivity (Wildman–Crippen MR) is 405 cm³/mol. The summed E-state index contributed by atoms with van der Waals surface area (Å²) in [7, 11) is -9.91. The van der Waals surface area contributed by atoms with Crippen molar-refractivity contribution in [3.8, 4) is 0 Å². The van der Waals surface area contributed by atoms with Gasteiger partial charge in [0.2, 0.25) is 0 Å². The van der Waals surface area contributed by atoms with Gasteiger partial charge >= 0.3 is 39.5 Å². The summed E-state index contributed by atoms with van der Waals surface area (Å²) >= 11 is 0. The first-order valence-electron chi connectivity index (χ1n) is 41.6. The third-order valence-corrected chi connectivity index (χ3v) is 20.7. The van der Waals surface area contributed by atoms with Crippen LogP contribution in [0.5, 0.6) is 0 Å².